The van der Waals surface area contributed by atoms with Gasteiger partial charge in [-0.2, -0.15) is 0 Å². The molecule has 0 aliphatic carbocycles. The fourth-order valence-electron chi connectivity index (χ4n) is 2.94. The number of nitrogens with zero attached hydrogens (tertiary/aromatic N) is 4. The summed E-state index contributed by atoms with van der Waals surface area (Å²) in [4.78, 5) is 9.49. The van der Waals surface area contributed by atoms with Gasteiger partial charge in [0.15, 0.2) is 5.36 Å². The number of hydrogen-bond acceptors (Lipinski definition) is 1. The Bertz CT molecular complexity index is 1060. The number of aliphatic imine (C=N–C) groups is 1. The van der Waals surface area contributed by atoms with Gasteiger partial charge in [0.05, 0.1) is 12.6 Å². The van der Waals surface area contributed by atoms with Crippen molar-refractivity contribution < 1.29 is 17.0 Å². The first kappa shape index (κ1) is 15.6. The molecule has 4 rings (SSSR count). The first-order valence-electron chi connectivity index (χ1n) is 7.36. The number of aryl methyl sites for hydroxylation is 1. The van der Waals surface area contributed by atoms with E-state index in [4.69, 9.17) is 4.99 Å². The third-order valence-corrected chi connectivity index (χ3v) is 4.34. The zero-order valence-electron chi connectivity index (χ0n) is 13.3. The summed E-state index contributed by atoms with van der Waals surface area (Å²) in [6.07, 6.45) is 2.05. The maximum atomic E-state index is 4.84. The molecule has 0 spiro atoms. The summed E-state index contributed by atoms with van der Waals surface area (Å²) >= 11 is 0. The van der Waals surface area contributed by atoms with Gasteiger partial charge in [-0.1, -0.05) is 23.2 Å². The predicted molar refractivity (Wildman–Crippen MR) is 88.4 cm³/mol. The van der Waals surface area contributed by atoms with E-state index in [0.717, 1.165) is 22.5 Å². The molecule has 2 aromatic heterocycles. The summed E-state index contributed by atoms with van der Waals surface area (Å²) in [7, 11) is 2.01. The number of benzene rings is 1. The van der Waals surface area contributed by atoms with Gasteiger partial charge >= 0.3 is 5.96 Å². The first-order valence-corrected chi connectivity index (χ1v) is 7.36. The summed E-state index contributed by atoms with van der Waals surface area (Å²) < 4.78 is 4.16. The average molecular weight is 369 g/mol. The Morgan fingerprint density at radius 1 is 1.00 bits per heavy atom. The lowest BCUT2D eigenvalue weighted by atomic mass is 10.2. The zero-order chi connectivity index (χ0) is 15.3. The number of guanidine groups is 1. The Morgan fingerprint density at radius 3 is 2.52 bits per heavy atom. The summed E-state index contributed by atoms with van der Waals surface area (Å²) in [5, 5.41) is 2.07. The highest BCUT2D eigenvalue weighted by molar-refractivity contribution is 5.86. The molecule has 116 valence electrons. The fraction of sp³-hybridized carbons (Fsp3) is 0.167. The SMILES string of the molecule is Cc1c(C)c2ccccn2c1/N=C1\N=c2ccccc2=[N+]1C.[Br-]. The summed E-state index contributed by atoms with van der Waals surface area (Å²) in [6.45, 7) is 4.25. The van der Waals surface area contributed by atoms with Gasteiger partial charge in [0.1, 0.15) is 5.36 Å². The summed E-state index contributed by atoms with van der Waals surface area (Å²) in [5.41, 5.74) is 3.65. The Labute approximate surface area is 144 Å². The van der Waals surface area contributed by atoms with E-state index < -0.39 is 0 Å². The number of hydrogen-bond donors (Lipinski definition) is 0. The van der Waals surface area contributed by atoms with Crippen LogP contribution >= 0.6 is 0 Å². The monoisotopic (exact) mass is 368 g/mol. The van der Waals surface area contributed by atoms with Crippen molar-refractivity contribution in [3.63, 3.8) is 0 Å². The maximum absolute atomic E-state index is 4.84. The molecule has 0 fully saturated rings. The largest absolute Gasteiger partial charge is 1.00 e. The topological polar surface area (TPSA) is 32.1 Å². The number of para-hydroxylation sites is 2. The average Bonchev–Trinajstić information content (AvgIpc) is 2.99. The van der Waals surface area contributed by atoms with Crippen LogP contribution in [0.4, 0.5) is 5.82 Å². The van der Waals surface area contributed by atoms with E-state index in [1.165, 1.54) is 16.6 Å². The van der Waals surface area contributed by atoms with Crippen LogP contribution < -0.4 is 32.3 Å². The van der Waals surface area contributed by atoms with Gasteiger partial charge in [-0.3, -0.25) is 4.40 Å². The van der Waals surface area contributed by atoms with Crippen molar-refractivity contribution in [3.8, 4) is 0 Å². The van der Waals surface area contributed by atoms with Gasteiger partial charge in [-0.15, -0.1) is 0 Å². The fourth-order valence-corrected chi connectivity index (χ4v) is 2.94. The minimum atomic E-state index is 0. The van der Waals surface area contributed by atoms with E-state index in [0.29, 0.717) is 0 Å². The van der Waals surface area contributed by atoms with Gasteiger partial charge < -0.3 is 17.0 Å². The molecular formula is C18H17BrN4. The van der Waals surface area contributed by atoms with Crippen molar-refractivity contribution in [1.29, 1.82) is 0 Å². The van der Waals surface area contributed by atoms with E-state index in [1.807, 2.05) is 35.9 Å². The minimum Gasteiger partial charge on any atom is -1.00 e. The Kier molecular flexibility index (Phi) is 3.90. The summed E-state index contributed by atoms with van der Waals surface area (Å²) in [6, 6.07) is 14.3. The standard InChI is InChI=1S/C18H17N4.BrH/c1-12-13(2)17(22-11-7-6-9-15(12)22)20-18-19-14-8-4-5-10-16(14)21(18)3;/h4-11H,1-3H3;1H/q+1;/p-1. The number of halogens is 1. The first-order chi connectivity index (χ1) is 10.7. The Morgan fingerprint density at radius 2 is 1.74 bits per heavy atom. The molecule has 3 aromatic rings. The number of pyridine rings is 1. The second-order valence-corrected chi connectivity index (χ2v) is 5.60. The van der Waals surface area contributed by atoms with Crippen LogP contribution in [0.15, 0.2) is 58.6 Å². The van der Waals surface area contributed by atoms with E-state index in [9.17, 15) is 0 Å². The maximum Gasteiger partial charge on any atom is 0.435 e. The minimum absolute atomic E-state index is 0. The van der Waals surface area contributed by atoms with Gasteiger partial charge in [-0.25, -0.2) is 4.58 Å². The lowest BCUT2D eigenvalue weighted by Crippen LogP contribution is -3.00. The van der Waals surface area contributed by atoms with Crippen molar-refractivity contribution in [2.75, 3.05) is 7.05 Å². The molecule has 0 N–H and O–H groups in total. The van der Waals surface area contributed by atoms with Gasteiger partial charge in [0.25, 0.3) is 0 Å². The van der Waals surface area contributed by atoms with Crippen LogP contribution in [0.5, 0.6) is 0 Å². The van der Waals surface area contributed by atoms with Crippen LogP contribution in [0.1, 0.15) is 11.1 Å². The highest BCUT2D eigenvalue weighted by Gasteiger charge is 2.22. The highest BCUT2D eigenvalue weighted by Crippen LogP contribution is 2.28. The molecule has 0 unspecified atom stereocenters. The number of rotatable bonds is 1. The highest BCUT2D eigenvalue weighted by atomic mass is 79.9. The molecule has 0 atom stereocenters. The predicted octanol–water partition coefficient (Wildman–Crippen LogP) is -0.998. The molecule has 0 amide bonds. The molecule has 4 nitrogen and oxygen atoms in total. The van der Waals surface area contributed by atoms with E-state index in [-0.39, 0.29) is 17.0 Å². The van der Waals surface area contributed by atoms with Gasteiger partial charge in [-0.05, 0) is 48.7 Å². The molecule has 0 saturated heterocycles. The van der Waals surface area contributed by atoms with E-state index in [2.05, 4.69) is 47.6 Å². The second kappa shape index (κ2) is 5.74. The van der Waals surface area contributed by atoms with Crippen LogP contribution in [-0.4, -0.2) is 17.4 Å². The third kappa shape index (κ3) is 2.32. The van der Waals surface area contributed by atoms with Gasteiger partial charge in [0.2, 0.25) is 5.82 Å². The summed E-state index contributed by atoms with van der Waals surface area (Å²) in [5.74, 6) is 1.68. The van der Waals surface area contributed by atoms with E-state index >= 15 is 0 Å². The van der Waals surface area contributed by atoms with Crippen molar-refractivity contribution in [1.82, 2.24) is 8.98 Å². The Hall–Kier alpha value is -2.27. The molecule has 1 aliphatic rings. The second-order valence-electron chi connectivity index (χ2n) is 5.60. The molecule has 1 aliphatic heterocycles. The molecule has 0 bridgehead atoms. The molecule has 23 heavy (non-hydrogen) atoms. The third-order valence-electron chi connectivity index (χ3n) is 4.34. The van der Waals surface area contributed by atoms with Gasteiger partial charge in [0, 0.05) is 11.8 Å². The van der Waals surface area contributed by atoms with Crippen molar-refractivity contribution >= 4 is 17.3 Å². The molecule has 1 aromatic carbocycles. The molecular weight excluding hydrogens is 352 g/mol. The molecule has 5 heteroatoms. The van der Waals surface area contributed by atoms with E-state index in [1.54, 1.807) is 0 Å². The lowest BCUT2D eigenvalue weighted by molar-refractivity contribution is -0.00000468. The Balaban J connectivity index is 0.00000156. The normalized spacial score (nSPS) is 14.7. The van der Waals surface area contributed by atoms with Crippen molar-refractivity contribution in [3.05, 3.63) is 70.5 Å². The van der Waals surface area contributed by atoms with Crippen molar-refractivity contribution in [2.24, 2.45) is 9.98 Å². The molecule has 0 radical (unpaired) electrons. The number of aromatic nitrogens is 1. The smallest absolute Gasteiger partial charge is 0.435 e. The van der Waals surface area contributed by atoms with Crippen LogP contribution in [0.2, 0.25) is 0 Å². The molecule has 0 saturated carbocycles. The number of fused-ring (bicyclic) bond motifs is 2. The molecule has 3 heterocycles. The van der Waals surface area contributed by atoms with Crippen LogP contribution in [0.25, 0.3) is 5.52 Å². The van der Waals surface area contributed by atoms with Crippen molar-refractivity contribution in [2.45, 2.75) is 13.8 Å². The quantitative estimate of drug-likeness (QED) is 0.493. The van der Waals surface area contributed by atoms with Crippen LogP contribution in [0.3, 0.4) is 0 Å². The van der Waals surface area contributed by atoms with Crippen LogP contribution in [0, 0.1) is 13.8 Å². The lowest BCUT2D eigenvalue weighted by Gasteiger charge is -1.95. The zero-order valence-corrected chi connectivity index (χ0v) is 14.9. The van der Waals surface area contributed by atoms with Crippen LogP contribution in [-0.2, 0) is 0 Å².